The van der Waals surface area contributed by atoms with E-state index in [2.05, 4.69) is 25.8 Å². The first-order valence-corrected chi connectivity index (χ1v) is 7.46. The Morgan fingerprint density at radius 1 is 1.12 bits per heavy atom. The number of hydrogen-bond acceptors (Lipinski definition) is 6. The summed E-state index contributed by atoms with van der Waals surface area (Å²) < 4.78 is 16.2. The first kappa shape index (κ1) is 16.2. The maximum atomic E-state index is 13.0. The van der Waals surface area contributed by atoms with Crippen LogP contribution < -0.4 is 0 Å². The van der Waals surface area contributed by atoms with Gasteiger partial charge in [0, 0.05) is 0 Å². The summed E-state index contributed by atoms with van der Waals surface area (Å²) >= 11 is 0. The summed E-state index contributed by atoms with van der Waals surface area (Å²) in [6, 6.07) is 5.61. The van der Waals surface area contributed by atoms with Crippen LogP contribution in [0.2, 0.25) is 0 Å². The van der Waals surface area contributed by atoms with E-state index in [1.54, 1.807) is 15.6 Å². The van der Waals surface area contributed by atoms with Gasteiger partial charge in [0.25, 0.3) is 0 Å². The van der Waals surface area contributed by atoms with Gasteiger partial charge < -0.3 is 5.11 Å². The molecule has 0 saturated carbocycles. The molecule has 1 N–H and O–H groups in total. The lowest BCUT2D eigenvalue weighted by Crippen LogP contribution is -2.26. The molecule has 3 aromatic rings. The fourth-order valence-electron chi connectivity index (χ4n) is 2.30. The molecule has 2 heterocycles. The van der Waals surface area contributed by atoms with Gasteiger partial charge in [-0.3, -0.25) is 0 Å². The highest BCUT2D eigenvalue weighted by atomic mass is 19.1. The van der Waals surface area contributed by atoms with Gasteiger partial charge in [-0.25, -0.2) is 13.8 Å². The Labute approximate surface area is 137 Å². The Morgan fingerprint density at radius 3 is 2.50 bits per heavy atom. The second kappa shape index (κ2) is 6.08. The molecule has 9 heteroatoms. The van der Waals surface area contributed by atoms with E-state index in [-0.39, 0.29) is 11.4 Å². The minimum absolute atomic E-state index is 0.254. The summed E-state index contributed by atoms with van der Waals surface area (Å²) in [5.41, 5.74) is 0.662. The van der Waals surface area contributed by atoms with Crippen molar-refractivity contribution in [3.05, 3.63) is 53.4 Å². The van der Waals surface area contributed by atoms with E-state index in [0.717, 1.165) is 0 Å². The van der Waals surface area contributed by atoms with Gasteiger partial charge in [0.05, 0.1) is 11.7 Å². The number of rotatable bonds is 4. The zero-order valence-corrected chi connectivity index (χ0v) is 13.6. The van der Waals surface area contributed by atoms with Gasteiger partial charge >= 0.3 is 0 Å². The lowest BCUT2D eigenvalue weighted by atomic mass is 10.1. The number of nitrogens with zero attached hydrogens (tertiary/aromatic N) is 7. The molecular weight excluding hydrogens is 313 g/mol. The van der Waals surface area contributed by atoms with Gasteiger partial charge in [0.2, 0.25) is 0 Å². The van der Waals surface area contributed by atoms with Crippen LogP contribution in [-0.2, 0) is 12.1 Å². The van der Waals surface area contributed by atoms with E-state index < -0.39 is 6.10 Å². The minimum atomic E-state index is -0.974. The summed E-state index contributed by atoms with van der Waals surface area (Å²) in [6.07, 6.45) is 0.647. The Bertz CT molecular complexity index is 819. The smallest absolute Gasteiger partial charge is 0.173 e. The molecular formula is C15H18FN7O. The number of halogens is 1. The van der Waals surface area contributed by atoms with Crippen LogP contribution in [-0.4, -0.2) is 40.3 Å². The molecule has 0 bridgehead atoms. The van der Waals surface area contributed by atoms with Crippen molar-refractivity contribution < 1.29 is 9.50 Å². The third-order valence-corrected chi connectivity index (χ3v) is 3.50. The van der Waals surface area contributed by atoms with Crippen LogP contribution in [0.1, 0.15) is 44.0 Å². The largest absolute Gasteiger partial charge is 0.382 e. The standard InChI is InChI=1S/C15H18FN7O/c1-15(2,3)23-13(18-19-21-23)9-22-8-12(17-20-22)14(24)10-4-6-11(16)7-5-10/h4-8,14,24H,9H2,1-3H3. The third kappa shape index (κ3) is 3.30. The van der Waals surface area contributed by atoms with Crippen LogP contribution in [0.4, 0.5) is 4.39 Å². The van der Waals surface area contributed by atoms with Crippen molar-refractivity contribution in [1.82, 2.24) is 35.2 Å². The number of benzene rings is 1. The van der Waals surface area contributed by atoms with E-state index in [1.807, 2.05) is 20.8 Å². The van der Waals surface area contributed by atoms with Crippen molar-refractivity contribution in [2.24, 2.45) is 0 Å². The molecule has 1 aromatic carbocycles. The van der Waals surface area contributed by atoms with Gasteiger partial charge in [0.1, 0.15) is 24.2 Å². The molecule has 0 aliphatic carbocycles. The van der Waals surface area contributed by atoms with E-state index in [4.69, 9.17) is 0 Å². The lowest BCUT2D eigenvalue weighted by Gasteiger charge is -2.19. The first-order valence-electron chi connectivity index (χ1n) is 7.46. The molecule has 3 rings (SSSR count). The Morgan fingerprint density at radius 2 is 1.83 bits per heavy atom. The molecule has 1 atom stereocenters. The molecule has 0 amide bonds. The zero-order chi connectivity index (χ0) is 17.3. The van der Waals surface area contributed by atoms with Crippen LogP contribution >= 0.6 is 0 Å². The maximum Gasteiger partial charge on any atom is 0.173 e. The van der Waals surface area contributed by atoms with Crippen molar-refractivity contribution in [1.29, 1.82) is 0 Å². The Kier molecular flexibility index (Phi) is 4.10. The molecule has 0 spiro atoms. The topological polar surface area (TPSA) is 94.5 Å². The molecule has 2 aromatic heterocycles. The molecule has 0 radical (unpaired) electrons. The van der Waals surface area contributed by atoms with Crippen LogP contribution in [0.5, 0.6) is 0 Å². The van der Waals surface area contributed by atoms with E-state index >= 15 is 0 Å². The zero-order valence-electron chi connectivity index (χ0n) is 13.6. The van der Waals surface area contributed by atoms with Gasteiger partial charge in [-0.2, -0.15) is 0 Å². The monoisotopic (exact) mass is 331 g/mol. The van der Waals surface area contributed by atoms with E-state index in [0.29, 0.717) is 23.6 Å². The van der Waals surface area contributed by atoms with Gasteiger partial charge in [-0.05, 0) is 48.9 Å². The van der Waals surface area contributed by atoms with Gasteiger partial charge in [0.15, 0.2) is 5.82 Å². The lowest BCUT2D eigenvalue weighted by molar-refractivity contribution is 0.215. The molecule has 0 saturated heterocycles. The number of aliphatic hydroxyl groups excluding tert-OH is 1. The highest BCUT2D eigenvalue weighted by Gasteiger charge is 2.21. The predicted molar refractivity (Wildman–Crippen MR) is 82.4 cm³/mol. The Balaban J connectivity index is 1.79. The van der Waals surface area contributed by atoms with Crippen LogP contribution in [0, 0.1) is 5.82 Å². The molecule has 0 fully saturated rings. The Hall–Kier alpha value is -2.68. The van der Waals surface area contributed by atoms with Crippen molar-refractivity contribution in [2.75, 3.05) is 0 Å². The van der Waals surface area contributed by atoms with Crippen LogP contribution in [0.25, 0.3) is 0 Å². The van der Waals surface area contributed by atoms with Crippen LogP contribution in [0.15, 0.2) is 30.5 Å². The van der Waals surface area contributed by atoms with E-state index in [1.165, 1.54) is 24.3 Å². The van der Waals surface area contributed by atoms with Crippen molar-refractivity contribution >= 4 is 0 Å². The maximum absolute atomic E-state index is 13.0. The molecule has 1 unspecified atom stereocenters. The number of hydrogen-bond donors (Lipinski definition) is 1. The summed E-state index contributed by atoms with van der Waals surface area (Å²) in [6.45, 7) is 6.32. The van der Waals surface area contributed by atoms with Crippen molar-refractivity contribution in [3.8, 4) is 0 Å². The van der Waals surface area contributed by atoms with Gasteiger partial charge in [-0.15, -0.1) is 10.2 Å². The highest BCUT2D eigenvalue weighted by molar-refractivity contribution is 5.24. The number of aliphatic hydroxyl groups is 1. The average molecular weight is 331 g/mol. The molecule has 126 valence electrons. The minimum Gasteiger partial charge on any atom is -0.382 e. The summed E-state index contributed by atoms with van der Waals surface area (Å²) in [5, 5.41) is 30.0. The van der Waals surface area contributed by atoms with Crippen molar-refractivity contribution in [2.45, 2.75) is 39.0 Å². The average Bonchev–Trinajstić information content (AvgIpc) is 3.16. The van der Waals surface area contributed by atoms with Crippen LogP contribution in [0.3, 0.4) is 0 Å². The number of tetrazole rings is 1. The van der Waals surface area contributed by atoms with E-state index in [9.17, 15) is 9.50 Å². The molecule has 0 aliphatic rings. The molecule has 8 nitrogen and oxygen atoms in total. The third-order valence-electron chi connectivity index (χ3n) is 3.50. The second-order valence-corrected chi connectivity index (χ2v) is 6.47. The summed E-state index contributed by atoms with van der Waals surface area (Å²) in [5.74, 6) is 0.277. The molecule has 0 aliphatic heterocycles. The summed E-state index contributed by atoms with van der Waals surface area (Å²) in [4.78, 5) is 0. The normalized spacial score (nSPS) is 13.2. The second-order valence-electron chi connectivity index (χ2n) is 6.47. The highest BCUT2D eigenvalue weighted by Crippen LogP contribution is 2.20. The number of aromatic nitrogens is 7. The van der Waals surface area contributed by atoms with Crippen molar-refractivity contribution in [3.63, 3.8) is 0 Å². The fourth-order valence-corrected chi connectivity index (χ4v) is 2.30. The SMILES string of the molecule is CC(C)(C)n1nnnc1Cn1cc(C(O)c2ccc(F)cc2)nn1. The summed E-state index contributed by atoms with van der Waals surface area (Å²) in [7, 11) is 0. The molecule has 24 heavy (non-hydrogen) atoms. The van der Waals surface area contributed by atoms with Gasteiger partial charge in [-0.1, -0.05) is 17.3 Å². The quantitative estimate of drug-likeness (QED) is 0.774. The fraction of sp³-hybridized carbons (Fsp3) is 0.400. The first-order chi connectivity index (χ1) is 11.3. The predicted octanol–water partition coefficient (Wildman–Crippen LogP) is 1.29.